The molecule has 0 fully saturated rings. The molecule has 0 bridgehead atoms. The van der Waals surface area contributed by atoms with Crippen molar-refractivity contribution in [3.63, 3.8) is 0 Å². The Labute approximate surface area is 194 Å². The molecule has 2 amide bonds. The average molecular weight is 477 g/mol. The minimum Gasteiger partial charge on any atom is -0.463 e. The van der Waals surface area contributed by atoms with Crippen LogP contribution in [-0.4, -0.2) is 47.0 Å². The van der Waals surface area contributed by atoms with E-state index in [1.54, 1.807) is 20.8 Å². The molecule has 0 radical (unpaired) electrons. The van der Waals surface area contributed by atoms with Crippen molar-refractivity contribution in [3.05, 3.63) is 63.8 Å². The van der Waals surface area contributed by atoms with Gasteiger partial charge in [0.05, 0.1) is 35.3 Å². The minimum absolute atomic E-state index is 0.143. The van der Waals surface area contributed by atoms with E-state index in [0.29, 0.717) is 16.9 Å². The number of hydrogen-bond donors (Lipinski definition) is 2. The van der Waals surface area contributed by atoms with Gasteiger partial charge in [0, 0.05) is 11.6 Å². The maximum atomic E-state index is 13.2. The van der Waals surface area contributed by atoms with Gasteiger partial charge in [-0.15, -0.1) is 0 Å². The fraction of sp³-hybridized carbons (Fsp3) is 0.273. The highest BCUT2D eigenvalue weighted by molar-refractivity contribution is 6.31. The summed E-state index contributed by atoms with van der Waals surface area (Å²) < 4.78 is 24.8. The highest BCUT2D eigenvalue weighted by atomic mass is 35.5. The average Bonchev–Trinajstić information content (AvgIpc) is 3.04. The van der Waals surface area contributed by atoms with E-state index in [1.165, 1.54) is 35.0 Å². The molecule has 1 aliphatic heterocycles. The molecule has 0 saturated heterocycles. The Morgan fingerprint density at radius 1 is 1.27 bits per heavy atom. The summed E-state index contributed by atoms with van der Waals surface area (Å²) in [5.41, 5.74) is 1.90. The second kappa shape index (κ2) is 10.3. The molecule has 1 unspecified atom stereocenters. The van der Waals surface area contributed by atoms with Gasteiger partial charge in [-0.2, -0.15) is 5.10 Å². The van der Waals surface area contributed by atoms with Gasteiger partial charge in [0.1, 0.15) is 17.6 Å². The van der Waals surface area contributed by atoms with Crippen molar-refractivity contribution in [2.45, 2.75) is 26.8 Å². The summed E-state index contributed by atoms with van der Waals surface area (Å²) in [6.45, 7) is 4.81. The van der Waals surface area contributed by atoms with Crippen LogP contribution in [0.25, 0.3) is 11.8 Å². The fourth-order valence-electron chi connectivity index (χ4n) is 3.19. The Bertz CT molecular complexity index is 1140. The summed E-state index contributed by atoms with van der Waals surface area (Å²) in [6.07, 6.45) is 2.60. The van der Waals surface area contributed by atoms with E-state index >= 15 is 0 Å². The molecule has 11 heteroatoms. The third-order valence-corrected chi connectivity index (χ3v) is 5.09. The van der Waals surface area contributed by atoms with Crippen LogP contribution in [0, 0.1) is 12.7 Å². The number of amides is 2. The van der Waals surface area contributed by atoms with E-state index in [9.17, 15) is 18.8 Å². The molecule has 1 aromatic heterocycles. The lowest BCUT2D eigenvalue weighted by atomic mass is 10.0. The number of ether oxygens (including phenoxy) is 2. The number of carbonyl (C=O) groups excluding carboxylic acids is 3. The summed E-state index contributed by atoms with van der Waals surface area (Å²) in [6, 6.07) is 4.50. The van der Waals surface area contributed by atoms with Crippen molar-refractivity contribution in [2.75, 3.05) is 13.2 Å². The van der Waals surface area contributed by atoms with Crippen LogP contribution in [0.15, 0.2) is 41.6 Å². The molecule has 9 nitrogen and oxygen atoms in total. The monoisotopic (exact) mass is 476 g/mol. The molecule has 1 aromatic carbocycles. The van der Waals surface area contributed by atoms with Gasteiger partial charge in [0.15, 0.2) is 0 Å². The van der Waals surface area contributed by atoms with Gasteiger partial charge >= 0.3 is 18.0 Å². The zero-order valence-electron chi connectivity index (χ0n) is 18.1. The SMILES string of the molecule is CCOC(=O)C1=C(COC(=O)/C=C/c2c(C)nn(-c3ccc(F)cc3)c2Cl)NC(=O)NC1C. The van der Waals surface area contributed by atoms with Gasteiger partial charge in [0.2, 0.25) is 0 Å². The number of nitrogens with one attached hydrogen (secondary N) is 2. The molecule has 2 aromatic rings. The van der Waals surface area contributed by atoms with Crippen LogP contribution in [0.2, 0.25) is 5.15 Å². The molecule has 2 N–H and O–H groups in total. The lowest BCUT2D eigenvalue weighted by molar-refractivity contribution is -0.140. The number of halogens is 2. The quantitative estimate of drug-likeness (QED) is 0.469. The number of aromatic nitrogens is 2. The number of carbonyl (C=O) groups is 3. The standard InChI is InChI=1S/C22H22ClFN4O5/c1-4-32-21(30)19-13(3)25-22(31)26-17(19)11-33-18(29)10-9-16-12(2)27-28(20(16)23)15-7-5-14(24)6-8-15/h5-10,13H,4,11H2,1-3H3,(H2,25,26,31)/b10-9+. The summed E-state index contributed by atoms with van der Waals surface area (Å²) in [7, 11) is 0. The predicted octanol–water partition coefficient (Wildman–Crippen LogP) is 3.05. The summed E-state index contributed by atoms with van der Waals surface area (Å²) >= 11 is 6.39. The molecule has 33 heavy (non-hydrogen) atoms. The Hall–Kier alpha value is -3.66. The second-order valence-corrected chi connectivity index (χ2v) is 7.41. The van der Waals surface area contributed by atoms with Crippen LogP contribution < -0.4 is 10.6 Å². The first kappa shape index (κ1) is 24.0. The fourth-order valence-corrected chi connectivity index (χ4v) is 3.53. The number of rotatable bonds is 7. The summed E-state index contributed by atoms with van der Waals surface area (Å²) in [5, 5.41) is 9.58. The maximum Gasteiger partial charge on any atom is 0.338 e. The van der Waals surface area contributed by atoms with Crippen LogP contribution in [0.1, 0.15) is 25.1 Å². The van der Waals surface area contributed by atoms with Crippen molar-refractivity contribution in [2.24, 2.45) is 0 Å². The van der Waals surface area contributed by atoms with Gasteiger partial charge < -0.3 is 20.1 Å². The van der Waals surface area contributed by atoms with Crippen LogP contribution in [0.3, 0.4) is 0 Å². The number of aryl methyl sites for hydroxylation is 1. The molecule has 0 saturated carbocycles. The molecule has 3 rings (SSSR count). The molecule has 0 spiro atoms. The first-order chi connectivity index (χ1) is 15.7. The Morgan fingerprint density at radius 3 is 2.64 bits per heavy atom. The lowest BCUT2D eigenvalue weighted by Crippen LogP contribution is -2.50. The smallest absolute Gasteiger partial charge is 0.338 e. The normalized spacial score (nSPS) is 15.9. The molecule has 1 aliphatic rings. The van der Waals surface area contributed by atoms with Crippen LogP contribution >= 0.6 is 11.6 Å². The molecule has 1 atom stereocenters. The van der Waals surface area contributed by atoms with Gasteiger partial charge in [-0.3, -0.25) is 0 Å². The third kappa shape index (κ3) is 5.58. The molecule has 0 aliphatic carbocycles. The Kier molecular flexibility index (Phi) is 7.49. The van der Waals surface area contributed by atoms with Crippen LogP contribution in [-0.2, 0) is 19.1 Å². The maximum absolute atomic E-state index is 13.2. The summed E-state index contributed by atoms with van der Waals surface area (Å²) in [5.74, 6) is -1.73. The number of urea groups is 1. The van der Waals surface area contributed by atoms with Crippen molar-refractivity contribution >= 4 is 35.6 Å². The van der Waals surface area contributed by atoms with Gasteiger partial charge in [-0.25, -0.2) is 23.5 Å². The first-order valence-corrected chi connectivity index (χ1v) is 10.4. The predicted molar refractivity (Wildman–Crippen MR) is 118 cm³/mol. The Morgan fingerprint density at radius 2 is 1.97 bits per heavy atom. The minimum atomic E-state index is -0.726. The molecular formula is C22H22ClFN4O5. The van der Waals surface area contributed by atoms with Crippen molar-refractivity contribution < 1.29 is 28.2 Å². The lowest BCUT2D eigenvalue weighted by Gasteiger charge is -2.26. The van der Waals surface area contributed by atoms with Gasteiger partial charge in [0.25, 0.3) is 0 Å². The number of benzene rings is 1. The molecule has 2 heterocycles. The zero-order valence-corrected chi connectivity index (χ0v) is 18.9. The second-order valence-electron chi connectivity index (χ2n) is 7.05. The van der Waals surface area contributed by atoms with E-state index in [-0.39, 0.29) is 35.5 Å². The topological polar surface area (TPSA) is 112 Å². The van der Waals surface area contributed by atoms with E-state index in [4.69, 9.17) is 21.1 Å². The highest BCUT2D eigenvalue weighted by Gasteiger charge is 2.30. The molecule has 174 valence electrons. The number of esters is 2. The van der Waals surface area contributed by atoms with Crippen molar-refractivity contribution in [1.29, 1.82) is 0 Å². The van der Waals surface area contributed by atoms with Gasteiger partial charge in [-0.05, 0) is 51.1 Å². The third-order valence-electron chi connectivity index (χ3n) is 4.73. The van der Waals surface area contributed by atoms with Gasteiger partial charge in [-0.1, -0.05) is 11.6 Å². The van der Waals surface area contributed by atoms with E-state index in [1.807, 2.05) is 0 Å². The van der Waals surface area contributed by atoms with E-state index in [2.05, 4.69) is 15.7 Å². The van der Waals surface area contributed by atoms with Crippen LogP contribution in [0.4, 0.5) is 9.18 Å². The van der Waals surface area contributed by atoms with Crippen molar-refractivity contribution in [1.82, 2.24) is 20.4 Å². The number of nitrogens with zero attached hydrogens (tertiary/aromatic N) is 2. The zero-order chi connectivity index (χ0) is 24.1. The summed E-state index contributed by atoms with van der Waals surface area (Å²) in [4.78, 5) is 36.3. The van der Waals surface area contributed by atoms with Crippen LogP contribution in [0.5, 0.6) is 0 Å². The first-order valence-electron chi connectivity index (χ1n) is 10.0. The largest absolute Gasteiger partial charge is 0.463 e. The van der Waals surface area contributed by atoms with E-state index < -0.39 is 24.0 Å². The van der Waals surface area contributed by atoms with E-state index in [0.717, 1.165) is 6.08 Å². The molecular weight excluding hydrogens is 455 g/mol. The number of hydrogen-bond acceptors (Lipinski definition) is 6. The Balaban J connectivity index is 1.73. The highest BCUT2D eigenvalue weighted by Crippen LogP contribution is 2.25. The van der Waals surface area contributed by atoms with Crippen molar-refractivity contribution in [3.8, 4) is 5.69 Å².